The molecule has 1 atom stereocenters. The van der Waals surface area contributed by atoms with Gasteiger partial charge < -0.3 is 14.8 Å². The summed E-state index contributed by atoms with van der Waals surface area (Å²) in [5.74, 6) is -1.36. The summed E-state index contributed by atoms with van der Waals surface area (Å²) in [4.78, 5) is 34.5. The Kier molecular flexibility index (Phi) is 6.36. The SMILES string of the molecule is COC(=O)c1ccc(O[C@@H](C)C(=O)Nc2cccc(Cl)c2C)c([N+](=O)[O-])c1. The number of halogens is 1. The summed E-state index contributed by atoms with van der Waals surface area (Å²) >= 11 is 6.02. The minimum Gasteiger partial charge on any atom is -0.474 e. The molecular formula is C18H17ClN2O6. The van der Waals surface area contributed by atoms with E-state index in [1.807, 2.05) is 0 Å². The fourth-order valence-corrected chi connectivity index (χ4v) is 2.40. The molecule has 2 aromatic carbocycles. The van der Waals surface area contributed by atoms with Gasteiger partial charge in [-0.1, -0.05) is 17.7 Å². The first-order valence-corrected chi connectivity index (χ1v) is 8.21. The molecule has 0 saturated heterocycles. The van der Waals surface area contributed by atoms with Crippen LogP contribution in [0.4, 0.5) is 11.4 Å². The number of nitro benzene ring substituents is 1. The maximum atomic E-state index is 12.4. The summed E-state index contributed by atoms with van der Waals surface area (Å²) in [7, 11) is 1.17. The molecule has 2 aromatic rings. The largest absolute Gasteiger partial charge is 0.474 e. The lowest BCUT2D eigenvalue weighted by molar-refractivity contribution is -0.386. The van der Waals surface area contributed by atoms with Crippen molar-refractivity contribution >= 4 is 34.9 Å². The fraction of sp³-hybridized carbons (Fsp3) is 0.222. The van der Waals surface area contributed by atoms with Crippen molar-refractivity contribution in [1.29, 1.82) is 0 Å². The Balaban J connectivity index is 2.20. The van der Waals surface area contributed by atoms with E-state index in [9.17, 15) is 19.7 Å². The maximum absolute atomic E-state index is 12.4. The van der Waals surface area contributed by atoms with Gasteiger partial charge in [0.2, 0.25) is 0 Å². The van der Waals surface area contributed by atoms with Gasteiger partial charge in [-0.25, -0.2) is 4.79 Å². The van der Waals surface area contributed by atoms with Crippen molar-refractivity contribution in [2.75, 3.05) is 12.4 Å². The normalized spacial score (nSPS) is 11.4. The van der Waals surface area contributed by atoms with E-state index in [1.54, 1.807) is 25.1 Å². The van der Waals surface area contributed by atoms with Crippen molar-refractivity contribution in [3.05, 3.63) is 62.7 Å². The van der Waals surface area contributed by atoms with Gasteiger partial charge in [0.25, 0.3) is 5.91 Å². The summed E-state index contributed by atoms with van der Waals surface area (Å²) < 4.78 is 9.98. The van der Waals surface area contributed by atoms with Gasteiger partial charge in [-0.3, -0.25) is 14.9 Å². The molecule has 2 rings (SSSR count). The van der Waals surface area contributed by atoms with Crippen LogP contribution in [0.1, 0.15) is 22.8 Å². The van der Waals surface area contributed by atoms with E-state index in [-0.39, 0.29) is 11.3 Å². The molecule has 0 radical (unpaired) electrons. The first-order valence-electron chi connectivity index (χ1n) is 7.84. The molecule has 0 aliphatic carbocycles. The molecule has 142 valence electrons. The molecule has 0 unspecified atom stereocenters. The van der Waals surface area contributed by atoms with Crippen LogP contribution in [0.5, 0.6) is 5.75 Å². The van der Waals surface area contributed by atoms with Gasteiger partial charge in [0, 0.05) is 16.8 Å². The molecule has 27 heavy (non-hydrogen) atoms. The van der Waals surface area contributed by atoms with Crippen LogP contribution < -0.4 is 10.1 Å². The standard InChI is InChI=1S/C18H17ClN2O6/c1-10-13(19)5-4-6-14(10)20-17(22)11(2)27-16-8-7-12(18(23)26-3)9-15(16)21(24)25/h4-9,11H,1-3H3,(H,20,22)/t11-/m0/s1. The zero-order chi connectivity index (χ0) is 20.1. The van der Waals surface area contributed by atoms with Crippen molar-refractivity contribution in [3.63, 3.8) is 0 Å². The monoisotopic (exact) mass is 392 g/mol. The fourth-order valence-electron chi connectivity index (χ4n) is 2.23. The molecule has 1 amide bonds. The van der Waals surface area contributed by atoms with Gasteiger partial charge in [-0.05, 0) is 43.7 Å². The zero-order valence-corrected chi connectivity index (χ0v) is 15.6. The van der Waals surface area contributed by atoms with Gasteiger partial charge in [-0.15, -0.1) is 0 Å². The Labute approximate surface area is 160 Å². The number of rotatable bonds is 6. The topological polar surface area (TPSA) is 108 Å². The predicted molar refractivity (Wildman–Crippen MR) is 99.3 cm³/mol. The highest BCUT2D eigenvalue weighted by atomic mass is 35.5. The number of amides is 1. The van der Waals surface area contributed by atoms with E-state index in [2.05, 4.69) is 10.1 Å². The number of esters is 1. The number of hydrogen-bond donors (Lipinski definition) is 1. The Morgan fingerprint density at radius 1 is 1.26 bits per heavy atom. The average Bonchev–Trinajstić information content (AvgIpc) is 2.64. The van der Waals surface area contributed by atoms with Crippen LogP contribution in [0.25, 0.3) is 0 Å². The van der Waals surface area contributed by atoms with Crippen LogP contribution in [0.15, 0.2) is 36.4 Å². The maximum Gasteiger partial charge on any atom is 0.338 e. The Morgan fingerprint density at radius 2 is 1.96 bits per heavy atom. The number of benzene rings is 2. The van der Waals surface area contributed by atoms with Crippen molar-refractivity contribution < 1.29 is 24.0 Å². The lowest BCUT2D eigenvalue weighted by Gasteiger charge is -2.16. The second-order valence-electron chi connectivity index (χ2n) is 5.59. The average molecular weight is 393 g/mol. The third-order valence-corrected chi connectivity index (χ3v) is 4.18. The van der Waals surface area contributed by atoms with E-state index in [0.717, 1.165) is 6.07 Å². The minimum absolute atomic E-state index is 0.00297. The number of hydrogen-bond acceptors (Lipinski definition) is 6. The summed E-state index contributed by atoms with van der Waals surface area (Å²) in [5.41, 5.74) is 0.756. The lowest BCUT2D eigenvalue weighted by Crippen LogP contribution is -2.30. The molecule has 0 heterocycles. The molecule has 1 N–H and O–H groups in total. The summed E-state index contributed by atoms with van der Waals surface area (Å²) in [6, 6.07) is 8.66. The number of carbonyl (C=O) groups is 2. The molecule has 0 fully saturated rings. The van der Waals surface area contributed by atoms with Gasteiger partial charge in [0.15, 0.2) is 11.9 Å². The first-order chi connectivity index (χ1) is 12.7. The molecule has 0 aromatic heterocycles. The van der Waals surface area contributed by atoms with Gasteiger partial charge >= 0.3 is 11.7 Å². The van der Waals surface area contributed by atoms with E-state index in [4.69, 9.17) is 16.3 Å². The van der Waals surface area contributed by atoms with Gasteiger partial charge in [0.05, 0.1) is 17.6 Å². The van der Waals surface area contributed by atoms with Crippen molar-refractivity contribution in [3.8, 4) is 5.75 Å². The van der Waals surface area contributed by atoms with Crippen molar-refractivity contribution in [1.82, 2.24) is 0 Å². The lowest BCUT2D eigenvalue weighted by atomic mass is 10.2. The van der Waals surface area contributed by atoms with Crippen LogP contribution >= 0.6 is 11.6 Å². The van der Waals surface area contributed by atoms with Crippen LogP contribution in [-0.4, -0.2) is 30.0 Å². The zero-order valence-electron chi connectivity index (χ0n) is 14.8. The number of anilines is 1. The molecule has 9 heteroatoms. The van der Waals surface area contributed by atoms with Crippen LogP contribution in [0, 0.1) is 17.0 Å². The molecular weight excluding hydrogens is 376 g/mol. The highest BCUT2D eigenvalue weighted by Gasteiger charge is 2.23. The first kappa shape index (κ1) is 20.2. The molecule has 0 spiro atoms. The third kappa shape index (κ3) is 4.73. The number of methoxy groups -OCH3 is 1. The molecule has 0 aliphatic rings. The Bertz CT molecular complexity index is 899. The molecule has 8 nitrogen and oxygen atoms in total. The second kappa shape index (κ2) is 8.50. The smallest absolute Gasteiger partial charge is 0.338 e. The van der Waals surface area contributed by atoms with Gasteiger partial charge in [0.1, 0.15) is 0 Å². The third-order valence-electron chi connectivity index (χ3n) is 3.78. The Morgan fingerprint density at radius 3 is 2.59 bits per heavy atom. The van der Waals surface area contributed by atoms with Crippen LogP contribution in [0.2, 0.25) is 5.02 Å². The number of carbonyl (C=O) groups excluding carboxylic acids is 2. The number of ether oxygens (including phenoxy) is 2. The number of nitrogens with one attached hydrogen (secondary N) is 1. The van der Waals surface area contributed by atoms with Crippen molar-refractivity contribution in [2.45, 2.75) is 20.0 Å². The molecule has 0 saturated carbocycles. The second-order valence-corrected chi connectivity index (χ2v) is 6.00. The quantitative estimate of drug-likeness (QED) is 0.455. The predicted octanol–water partition coefficient (Wildman–Crippen LogP) is 3.75. The highest BCUT2D eigenvalue weighted by molar-refractivity contribution is 6.31. The minimum atomic E-state index is -1.04. The highest BCUT2D eigenvalue weighted by Crippen LogP contribution is 2.29. The van der Waals surface area contributed by atoms with Crippen LogP contribution in [0.3, 0.4) is 0 Å². The van der Waals surface area contributed by atoms with Crippen LogP contribution in [-0.2, 0) is 9.53 Å². The summed E-state index contributed by atoms with van der Waals surface area (Å²) in [5, 5.41) is 14.4. The van der Waals surface area contributed by atoms with E-state index < -0.39 is 28.6 Å². The number of nitrogens with zero attached hydrogens (tertiary/aromatic N) is 1. The number of nitro groups is 1. The molecule has 0 bridgehead atoms. The van der Waals surface area contributed by atoms with E-state index >= 15 is 0 Å². The Hall–Kier alpha value is -3.13. The molecule has 0 aliphatic heterocycles. The summed E-state index contributed by atoms with van der Waals surface area (Å²) in [6.07, 6.45) is -1.04. The summed E-state index contributed by atoms with van der Waals surface area (Å²) in [6.45, 7) is 3.20. The van der Waals surface area contributed by atoms with E-state index in [0.29, 0.717) is 16.3 Å². The van der Waals surface area contributed by atoms with Gasteiger partial charge in [-0.2, -0.15) is 0 Å². The van der Waals surface area contributed by atoms with E-state index in [1.165, 1.54) is 26.2 Å². The van der Waals surface area contributed by atoms with Crippen molar-refractivity contribution in [2.24, 2.45) is 0 Å².